The van der Waals surface area contributed by atoms with Crippen LogP contribution in [0.3, 0.4) is 0 Å². The second-order valence-electron chi connectivity index (χ2n) is 5.46. The molecule has 11 heteroatoms. The van der Waals surface area contributed by atoms with Crippen LogP contribution in [0.4, 0.5) is 5.69 Å². The minimum Gasteiger partial charge on any atom is -0.733 e. The Kier molecular flexibility index (Phi) is 5.58. The number of nitrogens with zero attached hydrogens (tertiary/aromatic N) is 4. The number of hydrogen-bond donors (Lipinski definition) is 1. The second-order valence-corrected chi connectivity index (χ2v) is 9.13. The lowest BCUT2D eigenvalue weighted by Gasteiger charge is -2.21. The number of anilines is 1. The summed E-state index contributed by atoms with van der Waals surface area (Å²) in [5.41, 5.74) is 1.57. The predicted octanol–water partition coefficient (Wildman–Crippen LogP) is 2.42. The maximum absolute atomic E-state index is 12.7. The van der Waals surface area contributed by atoms with Crippen LogP contribution < -0.4 is 14.8 Å². The molecule has 0 radical (unpaired) electrons. The van der Waals surface area contributed by atoms with Gasteiger partial charge in [0, 0.05) is 7.05 Å². The Labute approximate surface area is 162 Å². The zero-order chi connectivity index (χ0) is 19.6. The first kappa shape index (κ1) is 19.5. The molecule has 3 aromatic rings. The first-order valence-electron chi connectivity index (χ1n) is 7.61. The lowest BCUT2D eigenvalue weighted by atomic mass is 10.2. The largest absolute Gasteiger partial charge is 0.733 e. The van der Waals surface area contributed by atoms with Crippen LogP contribution >= 0.6 is 20.7 Å². The first-order valence-corrected chi connectivity index (χ1v) is 11.2. The Morgan fingerprint density at radius 1 is 1.04 bits per heavy atom. The number of aryl methyl sites for hydroxylation is 1. The third kappa shape index (κ3) is 4.17. The van der Waals surface area contributed by atoms with Crippen molar-refractivity contribution in [2.75, 3.05) is 12.3 Å². The van der Waals surface area contributed by atoms with Crippen molar-refractivity contribution in [1.82, 2.24) is 4.57 Å². The van der Waals surface area contributed by atoms with Gasteiger partial charge in [-0.05, 0) is 64.0 Å². The molecule has 0 atom stereocenters. The van der Waals surface area contributed by atoms with Gasteiger partial charge in [-0.25, -0.2) is 0 Å². The van der Waals surface area contributed by atoms with Gasteiger partial charge in [0.15, 0.2) is 0 Å². The lowest BCUT2D eigenvalue weighted by Crippen LogP contribution is -2.25. The summed E-state index contributed by atoms with van der Waals surface area (Å²) < 4.78 is 30.9. The van der Waals surface area contributed by atoms with Gasteiger partial charge in [0.2, 0.25) is 9.60 Å². The van der Waals surface area contributed by atoms with Gasteiger partial charge < -0.3 is 10.4 Å². The highest BCUT2D eigenvalue weighted by molar-refractivity contribution is 7.90. The molecule has 0 saturated heterocycles. The minimum atomic E-state index is -3.90. The summed E-state index contributed by atoms with van der Waals surface area (Å²) in [6, 6.07) is 12.4. The van der Waals surface area contributed by atoms with Crippen molar-refractivity contribution in [2.24, 2.45) is 9.39 Å². The average Bonchev–Trinajstić information content (AvgIpc) is 3.04. The second kappa shape index (κ2) is 7.74. The Morgan fingerprint density at radius 2 is 1.63 bits per heavy atom. The van der Waals surface area contributed by atoms with Crippen molar-refractivity contribution < 1.29 is 13.6 Å². The Morgan fingerprint density at radius 3 is 2.19 bits per heavy atom. The molecule has 0 aliphatic heterocycles. The summed E-state index contributed by atoms with van der Waals surface area (Å²) in [6.45, 7) is 1.87. The highest BCUT2D eigenvalue weighted by atomic mass is 32.9. The van der Waals surface area contributed by atoms with Crippen molar-refractivity contribution in [2.45, 2.75) is 11.8 Å². The van der Waals surface area contributed by atoms with Gasteiger partial charge in [-0.2, -0.15) is 8.42 Å². The number of rotatable bonds is 4. The Bertz CT molecular complexity index is 1170. The average molecular weight is 424 g/mol. The van der Waals surface area contributed by atoms with Crippen LogP contribution in [-0.2, 0) is 10.0 Å². The van der Waals surface area contributed by atoms with Gasteiger partial charge in [0.25, 0.3) is 10.0 Å². The van der Waals surface area contributed by atoms with Gasteiger partial charge in [0.1, 0.15) is 0 Å². The van der Waals surface area contributed by atoms with E-state index in [1.807, 2.05) is 6.92 Å². The fourth-order valence-corrected chi connectivity index (χ4v) is 5.73. The van der Waals surface area contributed by atoms with E-state index < -0.39 is 10.0 Å². The maximum atomic E-state index is 12.7. The normalized spacial score (nSPS) is 13.2. The van der Waals surface area contributed by atoms with Crippen LogP contribution in [0.5, 0.6) is 0 Å². The number of hydrogen-bond acceptors (Lipinski definition) is 8. The fourth-order valence-electron chi connectivity index (χ4n) is 2.24. The molecule has 0 spiro atoms. The van der Waals surface area contributed by atoms with Gasteiger partial charge in [-0.15, -0.1) is 4.40 Å². The van der Waals surface area contributed by atoms with E-state index in [4.69, 9.17) is 5.21 Å². The van der Waals surface area contributed by atoms with E-state index in [-0.39, 0.29) is 20.6 Å². The molecular weight excluding hydrogens is 408 g/mol. The van der Waals surface area contributed by atoms with Crippen LogP contribution in [-0.4, -0.2) is 25.2 Å². The molecule has 0 aliphatic carbocycles. The predicted molar refractivity (Wildman–Crippen MR) is 105 cm³/mol. The first-order chi connectivity index (χ1) is 12.8. The Hall–Kier alpha value is -2.31. The number of aromatic nitrogens is 1. The van der Waals surface area contributed by atoms with Crippen LogP contribution in [0.25, 0.3) is 5.69 Å². The quantitative estimate of drug-likeness (QED) is 0.512. The molecule has 3 rings (SSSR count). The van der Waals surface area contributed by atoms with Crippen LogP contribution in [0.2, 0.25) is 0 Å². The molecule has 2 aromatic carbocycles. The molecule has 1 N–H and O–H groups in total. The molecule has 0 fully saturated rings. The van der Waals surface area contributed by atoms with Crippen molar-refractivity contribution in [1.29, 1.82) is 0 Å². The highest BCUT2D eigenvalue weighted by Gasteiger charge is 2.14. The van der Waals surface area contributed by atoms with Gasteiger partial charge in [0.05, 0.1) is 16.3 Å². The van der Waals surface area contributed by atoms with Crippen LogP contribution in [0.15, 0.2) is 62.8 Å². The van der Waals surface area contributed by atoms with E-state index in [9.17, 15) is 13.6 Å². The fraction of sp³-hybridized carbons (Fsp3) is 0.125. The molecule has 8 nitrogen and oxygen atoms in total. The molecule has 0 bridgehead atoms. The monoisotopic (exact) mass is 423 g/mol. The van der Waals surface area contributed by atoms with Crippen molar-refractivity contribution in [3.63, 3.8) is 0 Å². The van der Waals surface area contributed by atoms with Crippen LogP contribution in [0.1, 0.15) is 5.56 Å². The minimum absolute atomic E-state index is 0.0546. The van der Waals surface area contributed by atoms with E-state index in [2.05, 4.69) is 9.39 Å². The molecule has 1 aromatic heterocycles. The number of benzene rings is 2. The van der Waals surface area contributed by atoms with Gasteiger partial charge in [-0.1, -0.05) is 17.7 Å². The van der Waals surface area contributed by atoms with E-state index in [1.165, 1.54) is 44.9 Å². The summed E-state index contributed by atoms with van der Waals surface area (Å²) in [5.74, 6) is 0. The summed E-state index contributed by atoms with van der Waals surface area (Å²) >= 11 is 0. The molecule has 0 unspecified atom stereocenters. The molecule has 142 valence electrons. The van der Waals surface area contributed by atoms with Gasteiger partial charge >= 0.3 is 0 Å². The smallest absolute Gasteiger partial charge is 0.285 e. The van der Waals surface area contributed by atoms with E-state index in [0.29, 0.717) is 10.5 Å². The summed E-state index contributed by atoms with van der Waals surface area (Å²) in [4.78, 5) is 5.04. The third-order valence-electron chi connectivity index (χ3n) is 3.61. The molecule has 27 heavy (non-hydrogen) atoms. The zero-order valence-corrected chi connectivity index (χ0v) is 16.8. The molecule has 0 amide bonds. The molecule has 0 saturated carbocycles. The highest BCUT2D eigenvalue weighted by Crippen LogP contribution is 2.16. The molecular formula is C16H15N4O4S3-. The van der Waals surface area contributed by atoms with Crippen molar-refractivity contribution in [3.05, 3.63) is 68.9 Å². The summed E-state index contributed by atoms with van der Waals surface area (Å²) in [5, 5.41) is 19.7. The molecule has 0 aliphatic rings. The maximum Gasteiger partial charge on any atom is 0.285 e. The SMILES string of the molecule is CN=c1ssc(=NS(=O)(=O)c2ccc(C)cc2)n1-c1ccc(N([O-])O)cc1. The van der Waals surface area contributed by atoms with Crippen molar-refractivity contribution in [3.8, 4) is 5.69 Å². The zero-order valence-electron chi connectivity index (χ0n) is 14.3. The lowest BCUT2D eigenvalue weighted by molar-refractivity contribution is 0.296. The summed E-state index contributed by atoms with van der Waals surface area (Å²) in [6.07, 6.45) is 0. The van der Waals surface area contributed by atoms with E-state index in [1.54, 1.807) is 35.9 Å². The van der Waals surface area contributed by atoms with Crippen molar-refractivity contribution >= 4 is 36.4 Å². The van der Waals surface area contributed by atoms with E-state index >= 15 is 0 Å². The topological polar surface area (TPSA) is 110 Å². The number of sulfonamides is 1. The van der Waals surface area contributed by atoms with E-state index in [0.717, 1.165) is 5.56 Å². The summed E-state index contributed by atoms with van der Waals surface area (Å²) in [7, 11) is 0.149. The molecule has 1 heterocycles. The third-order valence-corrected chi connectivity index (χ3v) is 7.17. The Balaban J connectivity index is 2.16. The standard InChI is InChI=1S/C16H15N4O4S3/c1-11-3-9-14(10-4-11)27(23,24)18-16-19(15(17-2)25-26-16)12-5-7-13(8-6-12)20(21)22/h3-10,21H,1-2H3/q-1. The van der Waals surface area contributed by atoms with Gasteiger partial charge in [-0.3, -0.25) is 14.8 Å². The van der Waals surface area contributed by atoms with Crippen LogP contribution in [0, 0.1) is 12.1 Å².